The van der Waals surface area contributed by atoms with Crippen LogP contribution in [0, 0.1) is 0 Å². The third-order valence-electron chi connectivity index (χ3n) is 5.17. The summed E-state index contributed by atoms with van der Waals surface area (Å²) in [6, 6.07) is 28.4. The van der Waals surface area contributed by atoms with Gasteiger partial charge in [-0.25, -0.2) is 0 Å². The number of hydrogen-bond donors (Lipinski definition) is 2. The van der Waals surface area contributed by atoms with Crippen molar-refractivity contribution in [3.63, 3.8) is 0 Å². The van der Waals surface area contributed by atoms with Crippen LogP contribution in [0.15, 0.2) is 119 Å². The Morgan fingerprint density at radius 1 is 0.897 bits per heavy atom. The highest BCUT2D eigenvalue weighted by Crippen LogP contribution is 2.43. The maximum absolute atomic E-state index is 11.0. The third kappa shape index (κ3) is 4.36. The lowest BCUT2D eigenvalue weighted by molar-refractivity contribution is 0.418. The van der Waals surface area contributed by atoms with Gasteiger partial charge >= 0.3 is 0 Å². The van der Waals surface area contributed by atoms with Crippen LogP contribution in [0.25, 0.3) is 5.57 Å². The predicted octanol–water partition coefficient (Wildman–Crippen LogP) is 7.46. The van der Waals surface area contributed by atoms with Crippen LogP contribution in [-0.4, -0.2) is 5.11 Å². The van der Waals surface area contributed by atoms with Crippen LogP contribution in [0.5, 0.6) is 0 Å². The van der Waals surface area contributed by atoms with Gasteiger partial charge in [-0.1, -0.05) is 83.2 Å². The third-order valence-corrected chi connectivity index (χ3v) is 5.70. The molecule has 3 aromatic rings. The fourth-order valence-electron chi connectivity index (χ4n) is 3.76. The summed E-state index contributed by atoms with van der Waals surface area (Å²) < 4.78 is 1.03. The number of benzene rings is 3. The fraction of sp³-hybridized carbons (Fsp3) is 0.0769. The lowest BCUT2D eigenvalue weighted by Crippen LogP contribution is -2.16. The molecule has 0 spiro atoms. The first-order valence-electron chi connectivity index (χ1n) is 9.58. The molecule has 0 aromatic heterocycles. The average molecular weight is 444 g/mol. The molecule has 3 heteroatoms. The molecule has 144 valence electrons. The molecule has 0 saturated carbocycles. The molecule has 0 heterocycles. The quantitative estimate of drug-likeness (QED) is 0.428. The maximum atomic E-state index is 11.0. The summed E-state index contributed by atoms with van der Waals surface area (Å²) in [5, 5.41) is 14.4. The number of aliphatic hydroxyl groups excluding tert-OH is 1. The molecule has 1 unspecified atom stereocenters. The van der Waals surface area contributed by atoms with Gasteiger partial charge in [-0.15, -0.1) is 0 Å². The zero-order valence-electron chi connectivity index (χ0n) is 16.0. The van der Waals surface area contributed by atoms with Crippen molar-refractivity contribution in [2.45, 2.75) is 12.3 Å². The van der Waals surface area contributed by atoms with Crippen molar-refractivity contribution < 1.29 is 5.11 Å². The Bertz CT molecular complexity index is 1070. The van der Waals surface area contributed by atoms with Crippen LogP contribution < -0.4 is 5.32 Å². The summed E-state index contributed by atoms with van der Waals surface area (Å²) in [7, 11) is 0. The number of hydrogen-bond acceptors (Lipinski definition) is 2. The SMILES string of the molecule is C=C(Nc1ccccc1)C1=C(O)C=C(c2ccccc2)CC1c1ccc(Br)cc1. The standard InChI is InChI=1S/C26H22BrNO/c1-18(28-23-10-6-3-7-11-23)26-24(20-12-14-22(27)15-13-20)16-21(17-25(26)29)19-8-4-2-5-9-19/h2-15,17,24,28-29H,1,16H2. The van der Waals surface area contributed by atoms with E-state index in [1.165, 1.54) is 0 Å². The normalized spacial score (nSPS) is 16.3. The summed E-state index contributed by atoms with van der Waals surface area (Å²) >= 11 is 3.52. The lowest BCUT2D eigenvalue weighted by atomic mass is 9.78. The van der Waals surface area contributed by atoms with Crippen molar-refractivity contribution >= 4 is 27.2 Å². The molecule has 29 heavy (non-hydrogen) atoms. The topological polar surface area (TPSA) is 32.3 Å². The van der Waals surface area contributed by atoms with Gasteiger partial charge in [0.05, 0.1) is 0 Å². The molecule has 0 saturated heterocycles. The van der Waals surface area contributed by atoms with E-state index in [-0.39, 0.29) is 11.7 Å². The highest BCUT2D eigenvalue weighted by atomic mass is 79.9. The van der Waals surface area contributed by atoms with Crippen molar-refractivity contribution in [1.29, 1.82) is 0 Å². The average Bonchev–Trinajstić information content (AvgIpc) is 2.75. The van der Waals surface area contributed by atoms with Gasteiger partial charge in [-0.3, -0.25) is 0 Å². The first-order chi connectivity index (χ1) is 14.1. The number of anilines is 1. The number of halogens is 1. The van der Waals surface area contributed by atoms with Crippen LogP contribution >= 0.6 is 15.9 Å². The Kier molecular flexibility index (Phi) is 5.68. The maximum Gasteiger partial charge on any atom is 0.121 e. The van der Waals surface area contributed by atoms with Gasteiger partial charge in [-0.2, -0.15) is 0 Å². The van der Waals surface area contributed by atoms with E-state index in [0.717, 1.165) is 38.9 Å². The zero-order chi connectivity index (χ0) is 20.2. The molecule has 2 N–H and O–H groups in total. The Hall–Kier alpha value is -3.04. The fourth-order valence-corrected chi connectivity index (χ4v) is 4.03. The largest absolute Gasteiger partial charge is 0.508 e. The van der Waals surface area contributed by atoms with Gasteiger partial charge in [0.25, 0.3) is 0 Å². The Morgan fingerprint density at radius 2 is 1.52 bits per heavy atom. The number of aliphatic hydroxyl groups is 1. The minimum atomic E-state index is 0.00650. The number of allylic oxidation sites excluding steroid dienone is 3. The minimum Gasteiger partial charge on any atom is -0.508 e. The van der Waals surface area contributed by atoms with Crippen LogP contribution in [0.4, 0.5) is 5.69 Å². The first kappa shape index (κ1) is 19.3. The molecule has 0 amide bonds. The van der Waals surface area contributed by atoms with Crippen molar-refractivity contribution in [3.05, 3.63) is 130 Å². The summed E-state index contributed by atoms with van der Waals surface area (Å²) in [5.41, 5.74) is 5.88. The molecule has 1 atom stereocenters. The molecule has 1 aliphatic carbocycles. The molecule has 0 radical (unpaired) electrons. The number of nitrogens with one attached hydrogen (secondary N) is 1. The second-order valence-electron chi connectivity index (χ2n) is 7.11. The summed E-state index contributed by atoms with van der Waals surface area (Å²) in [6.45, 7) is 4.25. The van der Waals surface area contributed by atoms with E-state index >= 15 is 0 Å². The molecule has 1 aliphatic rings. The highest BCUT2D eigenvalue weighted by molar-refractivity contribution is 9.10. The molecule has 3 aromatic carbocycles. The van der Waals surface area contributed by atoms with Crippen molar-refractivity contribution in [1.82, 2.24) is 0 Å². The van der Waals surface area contributed by atoms with E-state index in [2.05, 4.69) is 52.1 Å². The zero-order valence-corrected chi connectivity index (χ0v) is 17.6. The molecule has 0 fully saturated rings. The Balaban J connectivity index is 1.75. The molecule has 4 rings (SSSR count). The van der Waals surface area contributed by atoms with Gasteiger partial charge in [0, 0.05) is 27.3 Å². The van der Waals surface area contributed by atoms with Gasteiger partial charge in [0.15, 0.2) is 0 Å². The molecule has 2 nitrogen and oxygen atoms in total. The van der Waals surface area contributed by atoms with Crippen molar-refractivity contribution in [3.8, 4) is 0 Å². The molecule has 0 bridgehead atoms. The summed E-state index contributed by atoms with van der Waals surface area (Å²) in [4.78, 5) is 0. The van der Waals surface area contributed by atoms with E-state index in [1.807, 2.05) is 66.7 Å². The van der Waals surface area contributed by atoms with E-state index in [9.17, 15) is 5.11 Å². The Labute approximate surface area is 180 Å². The molecular weight excluding hydrogens is 422 g/mol. The van der Waals surface area contributed by atoms with E-state index in [1.54, 1.807) is 0 Å². The minimum absolute atomic E-state index is 0.00650. The monoisotopic (exact) mass is 443 g/mol. The van der Waals surface area contributed by atoms with E-state index in [0.29, 0.717) is 5.70 Å². The van der Waals surface area contributed by atoms with Crippen LogP contribution in [-0.2, 0) is 0 Å². The summed E-state index contributed by atoms with van der Waals surface area (Å²) in [6.07, 6.45) is 2.67. The Morgan fingerprint density at radius 3 is 2.17 bits per heavy atom. The van der Waals surface area contributed by atoms with Crippen molar-refractivity contribution in [2.24, 2.45) is 0 Å². The van der Waals surface area contributed by atoms with E-state index < -0.39 is 0 Å². The van der Waals surface area contributed by atoms with Gasteiger partial charge < -0.3 is 10.4 Å². The van der Waals surface area contributed by atoms with Crippen LogP contribution in [0.1, 0.15) is 23.5 Å². The number of rotatable bonds is 5. The van der Waals surface area contributed by atoms with Crippen molar-refractivity contribution in [2.75, 3.05) is 5.32 Å². The lowest BCUT2D eigenvalue weighted by Gasteiger charge is -2.29. The van der Waals surface area contributed by atoms with Crippen LogP contribution in [0.3, 0.4) is 0 Å². The van der Waals surface area contributed by atoms with Gasteiger partial charge in [0.2, 0.25) is 0 Å². The molecule has 0 aliphatic heterocycles. The second kappa shape index (κ2) is 8.54. The van der Waals surface area contributed by atoms with Crippen LogP contribution in [0.2, 0.25) is 0 Å². The van der Waals surface area contributed by atoms with Gasteiger partial charge in [0.1, 0.15) is 5.76 Å². The smallest absolute Gasteiger partial charge is 0.121 e. The molecular formula is C26H22BrNO. The van der Waals surface area contributed by atoms with Gasteiger partial charge in [-0.05, 0) is 53.5 Å². The van der Waals surface area contributed by atoms with E-state index in [4.69, 9.17) is 0 Å². The number of para-hydroxylation sites is 1. The predicted molar refractivity (Wildman–Crippen MR) is 125 cm³/mol. The highest BCUT2D eigenvalue weighted by Gasteiger charge is 2.28. The summed E-state index contributed by atoms with van der Waals surface area (Å²) in [5.74, 6) is 0.267. The second-order valence-corrected chi connectivity index (χ2v) is 8.03. The first-order valence-corrected chi connectivity index (χ1v) is 10.4.